The fourth-order valence-electron chi connectivity index (χ4n) is 4.01. The van der Waals surface area contributed by atoms with Gasteiger partial charge in [-0.15, -0.1) is 0 Å². The van der Waals surface area contributed by atoms with Crippen molar-refractivity contribution in [3.8, 4) is 11.5 Å². The molecule has 158 valence electrons. The summed E-state index contributed by atoms with van der Waals surface area (Å²) in [5.74, 6) is 1.58. The molecule has 2 atom stereocenters. The Bertz CT molecular complexity index is 1020. The van der Waals surface area contributed by atoms with Gasteiger partial charge in [0.2, 0.25) is 0 Å². The molecule has 0 spiro atoms. The number of carbonyl (C=O) groups is 1. The molecule has 3 heterocycles. The van der Waals surface area contributed by atoms with Gasteiger partial charge in [0.15, 0.2) is 11.8 Å². The Morgan fingerprint density at radius 1 is 1.20 bits per heavy atom. The fraction of sp³-hybridized carbons (Fsp3) is 0.455. The highest BCUT2D eigenvalue weighted by molar-refractivity contribution is 5.81. The third-order valence-corrected chi connectivity index (χ3v) is 5.59. The topological polar surface area (TPSA) is 82.4 Å². The van der Waals surface area contributed by atoms with Crippen LogP contribution in [-0.4, -0.2) is 56.9 Å². The first-order valence-corrected chi connectivity index (χ1v) is 10.3. The smallest absolute Gasteiger partial charge is 0.263 e. The van der Waals surface area contributed by atoms with E-state index in [0.717, 1.165) is 42.0 Å². The number of amides is 1. The third kappa shape index (κ3) is 3.94. The molecule has 3 aromatic rings. The Hall–Kier alpha value is -3.16. The highest BCUT2D eigenvalue weighted by atomic mass is 16.5. The largest absolute Gasteiger partial charge is 0.497 e. The number of aromatic nitrogens is 4. The van der Waals surface area contributed by atoms with Crippen LogP contribution in [-0.2, 0) is 11.8 Å². The molecule has 0 unspecified atom stereocenters. The van der Waals surface area contributed by atoms with Crippen molar-refractivity contribution in [3.63, 3.8) is 0 Å². The predicted molar refractivity (Wildman–Crippen MR) is 113 cm³/mol. The number of nitrogens with zero attached hydrogens (tertiary/aromatic N) is 5. The van der Waals surface area contributed by atoms with Gasteiger partial charge < -0.3 is 14.4 Å². The van der Waals surface area contributed by atoms with Gasteiger partial charge in [0.05, 0.1) is 12.8 Å². The maximum absolute atomic E-state index is 13.2. The van der Waals surface area contributed by atoms with E-state index < -0.39 is 6.10 Å². The van der Waals surface area contributed by atoms with Crippen molar-refractivity contribution in [1.29, 1.82) is 0 Å². The van der Waals surface area contributed by atoms with Gasteiger partial charge in [-0.1, -0.05) is 6.92 Å². The van der Waals surface area contributed by atoms with E-state index in [1.807, 2.05) is 43.1 Å². The van der Waals surface area contributed by atoms with Crippen molar-refractivity contribution in [2.24, 2.45) is 7.05 Å². The number of methoxy groups -OCH3 is 1. The van der Waals surface area contributed by atoms with Gasteiger partial charge in [-0.2, -0.15) is 5.10 Å². The third-order valence-electron chi connectivity index (χ3n) is 5.59. The van der Waals surface area contributed by atoms with Gasteiger partial charge in [-0.25, -0.2) is 14.6 Å². The summed E-state index contributed by atoms with van der Waals surface area (Å²) in [6, 6.07) is 7.31. The summed E-state index contributed by atoms with van der Waals surface area (Å²) in [4.78, 5) is 24.0. The molecule has 0 aliphatic carbocycles. The minimum absolute atomic E-state index is 0.0179. The van der Waals surface area contributed by atoms with Gasteiger partial charge in [0.1, 0.15) is 17.0 Å². The molecule has 1 aromatic carbocycles. The summed E-state index contributed by atoms with van der Waals surface area (Å²) >= 11 is 0. The number of carbonyl (C=O) groups excluding carboxylic acids is 1. The van der Waals surface area contributed by atoms with Crippen molar-refractivity contribution in [1.82, 2.24) is 24.6 Å². The van der Waals surface area contributed by atoms with Crippen LogP contribution in [0.3, 0.4) is 0 Å². The van der Waals surface area contributed by atoms with Crippen LogP contribution in [0.25, 0.3) is 11.2 Å². The van der Waals surface area contributed by atoms with Crippen LogP contribution < -0.4 is 9.47 Å². The molecule has 1 aliphatic rings. The van der Waals surface area contributed by atoms with Crippen molar-refractivity contribution in [3.05, 3.63) is 42.4 Å². The zero-order valence-electron chi connectivity index (χ0n) is 17.6. The molecule has 1 fully saturated rings. The molecule has 4 rings (SSSR count). The standard InChI is InChI=1S/C22H27N5O3/c1-4-18(30-17-9-7-16(29-3)8-10-17)22(28)27-13-5-6-15(14-27)19-20-21(26(2)25-19)24-12-11-23-20/h7-12,15,18H,4-6,13-14H2,1-3H3/t15-,18-/m1/s1. The zero-order valence-corrected chi connectivity index (χ0v) is 17.6. The molecular weight excluding hydrogens is 382 g/mol. The van der Waals surface area contributed by atoms with E-state index in [1.165, 1.54) is 0 Å². The summed E-state index contributed by atoms with van der Waals surface area (Å²) in [6.07, 6.45) is 5.35. The molecule has 8 heteroatoms. The Morgan fingerprint density at radius 3 is 2.67 bits per heavy atom. The van der Waals surface area contributed by atoms with Crippen LogP contribution in [0.5, 0.6) is 11.5 Å². The second kappa shape index (κ2) is 8.69. The summed E-state index contributed by atoms with van der Waals surface area (Å²) in [6.45, 7) is 3.31. The van der Waals surface area contributed by atoms with Gasteiger partial charge in [-0.3, -0.25) is 4.79 Å². The highest BCUT2D eigenvalue weighted by Crippen LogP contribution is 2.30. The normalized spacial score (nSPS) is 17.7. The van der Waals surface area contributed by atoms with Gasteiger partial charge in [0.25, 0.3) is 5.91 Å². The quantitative estimate of drug-likeness (QED) is 0.623. The number of benzene rings is 1. The number of rotatable bonds is 6. The molecule has 0 N–H and O–H groups in total. The maximum atomic E-state index is 13.2. The Balaban J connectivity index is 1.49. The van der Waals surface area contributed by atoms with E-state index in [0.29, 0.717) is 18.7 Å². The van der Waals surface area contributed by atoms with Gasteiger partial charge in [-0.05, 0) is 43.5 Å². The number of aryl methyl sites for hydroxylation is 1. The molecule has 30 heavy (non-hydrogen) atoms. The lowest BCUT2D eigenvalue weighted by atomic mass is 9.94. The van der Waals surface area contributed by atoms with Crippen LogP contribution in [0.15, 0.2) is 36.7 Å². The summed E-state index contributed by atoms with van der Waals surface area (Å²) in [5, 5.41) is 4.67. The molecule has 8 nitrogen and oxygen atoms in total. The number of hydrogen-bond acceptors (Lipinski definition) is 6. The number of ether oxygens (including phenoxy) is 2. The number of hydrogen-bond donors (Lipinski definition) is 0. The molecular formula is C22H27N5O3. The summed E-state index contributed by atoms with van der Waals surface area (Å²) in [5.41, 5.74) is 2.51. The fourth-order valence-corrected chi connectivity index (χ4v) is 4.01. The van der Waals surface area contributed by atoms with Gasteiger partial charge >= 0.3 is 0 Å². The molecule has 0 radical (unpaired) electrons. The van der Waals surface area contributed by atoms with Gasteiger partial charge in [0, 0.05) is 38.4 Å². The Labute approximate surface area is 175 Å². The molecule has 2 aromatic heterocycles. The van der Waals surface area contributed by atoms with E-state index in [1.54, 1.807) is 24.2 Å². The van der Waals surface area contributed by atoms with Crippen molar-refractivity contribution in [2.75, 3.05) is 20.2 Å². The second-order valence-corrected chi connectivity index (χ2v) is 7.55. The van der Waals surface area contributed by atoms with Crippen molar-refractivity contribution >= 4 is 17.1 Å². The van der Waals surface area contributed by atoms with Crippen molar-refractivity contribution < 1.29 is 14.3 Å². The van der Waals surface area contributed by atoms with E-state index in [4.69, 9.17) is 9.47 Å². The van der Waals surface area contributed by atoms with Crippen LogP contribution in [0.1, 0.15) is 37.8 Å². The zero-order chi connectivity index (χ0) is 21.1. The second-order valence-electron chi connectivity index (χ2n) is 7.55. The van der Waals surface area contributed by atoms with E-state index in [9.17, 15) is 4.79 Å². The minimum Gasteiger partial charge on any atom is -0.497 e. The summed E-state index contributed by atoms with van der Waals surface area (Å²) in [7, 11) is 3.50. The first-order chi connectivity index (χ1) is 14.6. The van der Waals surface area contributed by atoms with E-state index >= 15 is 0 Å². The number of likely N-dealkylation sites (tertiary alicyclic amines) is 1. The van der Waals surface area contributed by atoms with Crippen molar-refractivity contribution in [2.45, 2.75) is 38.2 Å². The Morgan fingerprint density at radius 2 is 1.93 bits per heavy atom. The van der Waals surface area contributed by atoms with Crippen LogP contribution in [0.2, 0.25) is 0 Å². The van der Waals surface area contributed by atoms with E-state index in [2.05, 4.69) is 15.1 Å². The van der Waals surface area contributed by atoms with E-state index in [-0.39, 0.29) is 11.8 Å². The number of piperidine rings is 1. The highest BCUT2D eigenvalue weighted by Gasteiger charge is 2.32. The lowest BCUT2D eigenvalue weighted by Gasteiger charge is -2.34. The van der Waals surface area contributed by atoms with Crippen LogP contribution in [0.4, 0.5) is 0 Å². The minimum atomic E-state index is -0.516. The molecule has 1 aliphatic heterocycles. The first kappa shape index (κ1) is 20.1. The average Bonchev–Trinajstić information content (AvgIpc) is 3.14. The molecule has 0 bridgehead atoms. The molecule has 0 saturated carbocycles. The monoisotopic (exact) mass is 409 g/mol. The predicted octanol–water partition coefficient (Wildman–Crippen LogP) is 2.94. The first-order valence-electron chi connectivity index (χ1n) is 10.3. The van der Waals surface area contributed by atoms with Crippen LogP contribution in [0, 0.1) is 0 Å². The number of fused-ring (bicyclic) bond motifs is 1. The molecule has 1 saturated heterocycles. The lowest BCUT2D eigenvalue weighted by molar-refractivity contribution is -0.140. The molecule has 1 amide bonds. The lowest BCUT2D eigenvalue weighted by Crippen LogP contribution is -2.46. The van der Waals surface area contributed by atoms with Crippen LogP contribution >= 0.6 is 0 Å². The maximum Gasteiger partial charge on any atom is 0.263 e. The Kier molecular flexibility index (Phi) is 5.83. The average molecular weight is 409 g/mol. The summed E-state index contributed by atoms with van der Waals surface area (Å²) < 4.78 is 12.9. The SMILES string of the molecule is CC[C@@H](Oc1ccc(OC)cc1)C(=O)N1CCC[C@@H](c2nn(C)c3nccnc23)C1.